The van der Waals surface area contributed by atoms with Crippen molar-refractivity contribution in [2.75, 3.05) is 13.2 Å². The lowest BCUT2D eigenvalue weighted by Gasteiger charge is -2.07. The Morgan fingerprint density at radius 2 is 1.93 bits per heavy atom. The highest BCUT2D eigenvalue weighted by Gasteiger charge is 2.01. The molecule has 1 aromatic rings. The van der Waals surface area contributed by atoms with Crippen LogP contribution in [0.25, 0.3) is 12.2 Å². The number of nitrogens with two attached hydrogens (primary N) is 1. The fourth-order valence-electron chi connectivity index (χ4n) is 1.58. The monoisotopic (exact) mass is 201 g/mol. The molecule has 0 saturated heterocycles. The van der Waals surface area contributed by atoms with Crippen molar-refractivity contribution in [3.63, 3.8) is 0 Å². The first-order valence-corrected chi connectivity index (χ1v) is 5.20. The minimum absolute atomic E-state index is 0.548. The number of hydrogen-bond acceptors (Lipinski definition) is 2. The van der Waals surface area contributed by atoms with Gasteiger partial charge in [-0.15, -0.1) is 0 Å². The number of ether oxygens (including phenoxy) is 1. The third kappa shape index (κ3) is 2.48. The smallest absolute Gasteiger partial charge is 0.120 e. The molecule has 0 aromatic heterocycles. The van der Waals surface area contributed by atoms with E-state index in [0.717, 1.165) is 12.2 Å². The highest BCUT2D eigenvalue weighted by atomic mass is 16.5. The summed E-state index contributed by atoms with van der Waals surface area (Å²) in [5.74, 6) is 0.888. The van der Waals surface area contributed by atoms with E-state index in [1.807, 2.05) is 6.07 Å². The van der Waals surface area contributed by atoms with Crippen LogP contribution in [0.1, 0.15) is 17.5 Å². The van der Waals surface area contributed by atoms with Crippen LogP contribution in [0.2, 0.25) is 0 Å². The van der Waals surface area contributed by atoms with Crippen molar-refractivity contribution in [1.82, 2.24) is 0 Å². The van der Waals surface area contributed by atoms with Gasteiger partial charge >= 0.3 is 0 Å². The van der Waals surface area contributed by atoms with Gasteiger partial charge in [0.1, 0.15) is 12.4 Å². The molecule has 15 heavy (non-hydrogen) atoms. The SMILES string of the molecule is NCCOc1ccc2c(c1)C=CCC=C2. The Hall–Kier alpha value is -1.54. The van der Waals surface area contributed by atoms with E-state index in [4.69, 9.17) is 10.5 Å². The van der Waals surface area contributed by atoms with Gasteiger partial charge in [-0.1, -0.05) is 30.4 Å². The second-order valence-corrected chi connectivity index (χ2v) is 3.47. The Balaban J connectivity index is 2.25. The van der Waals surface area contributed by atoms with E-state index in [9.17, 15) is 0 Å². The van der Waals surface area contributed by atoms with Crippen LogP contribution < -0.4 is 10.5 Å². The lowest BCUT2D eigenvalue weighted by Crippen LogP contribution is -2.10. The maximum Gasteiger partial charge on any atom is 0.120 e. The van der Waals surface area contributed by atoms with Crippen molar-refractivity contribution >= 4 is 12.2 Å². The lowest BCUT2D eigenvalue weighted by atomic mass is 10.1. The highest BCUT2D eigenvalue weighted by Crippen LogP contribution is 2.22. The normalized spacial score (nSPS) is 13.4. The molecule has 2 nitrogen and oxygen atoms in total. The van der Waals surface area contributed by atoms with Gasteiger partial charge in [-0.2, -0.15) is 0 Å². The minimum Gasteiger partial charge on any atom is -0.492 e. The molecule has 2 N–H and O–H groups in total. The van der Waals surface area contributed by atoms with E-state index in [1.54, 1.807) is 0 Å². The van der Waals surface area contributed by atoms with Crippen LogP contribution in [-0.2, 0) is 0 Å². The van der Waals surface area contributed by atoms with Crippen molar-refractivity contribution in [2.45, 2.75) is 6.42 Å². The number of hydrogen-bond donors (Lipinski definition) is 1. The van der Waals surface area contributed by atoms with Crippen LogP contribution >= 0.6 is 0 Å². The quantitative estimate of drug-likeness (QED) is 0.815. The summed E-state index contributed by atoms with van der Waals surface area (Å²) < 4.78 is 5.48. The van der Waals surface area contributed by atoms with Gasteiger partial charge in [0.05, 0.1) is 0 Å². The Labute approximate surface area is 90.1 Å². The topological polar surface area (TPSA) is 35.2 Å². The summed E-state index contributed by atoms with van der Waals surface area (Å²) in [5.41, 5.74) is 7.84. The molecular weight excluding hydrogens is 186 g/mol. The molecule has 2 heteroatoms. The Morgan fingerprint density at radius 1 is 1.13 bits per heavy atom. The van der Waals surface area contributed by atoms with Crippen LogP contribution in [0.3, 0.4) is 0 Å². The van der Waals surface area contributed by atoms with Crippen LogP contribution in [-0.4, -0.2) is 13.2 Å². The zero-order valence-corrected chi connectivity index (χ0v) is 8.65. The van der Waals surface area contributed by atoms with Crippen molar-refractivity contribution in [3.05, 3.63) is 41.5 Å². The predicted molar refractivity (Wildman–Crippen MR) is 63.7 cm³/mol. The third-order valence-corrected chi connectivity index (χ3v) is 2.31. The zero-order chi connectivity index (χ0) is 10.5. The maximum atomic E-state index is 5.48. The summed E-state index contributed by atoms with van der Waals surface area (Å²) in [7, 11) is 0. The Bertz CT molecular complexity index is 394. The molecule has 0 bridgehead atoms. The van der Waals surface area contributed by atoms with Crippen molar-refractivity contribution in [3.8, 4) is 5.75 Å². The summed E-state index contributed by atoms with van der Waals surface area (Å²) in [6.45, 7) is 1.12. The van der Waals surface area contributed by atoms with E-state index >= 15 is 0 Å². The molecule has 0 fully saturated rings. The average molecular weight is 201 g/mol. The van der Waals surface area contributed by atoms with E-state index in [1.165, 1.54) is 11.1 Å². The van der Waals surface area contributed by atoms with Crippen molar-refractivity contribution in [2.24, 2.45) is 5.73 Å². The molecule has 0 heterocycles. The molecule has 1 aliphatic carbocycles. The maximum absolute atomic E-state index is 5.48. The summed E-state index contributed by atoms with van der Waals surface area (Å²) in [6.07, 6.45) is 9.57. The highest BCUT2D eigenvalue weighted by molar-refractivity contribution is 5.68. The van der Waals surface area contributed by atoms with Crippen molar-refractivity contribution < 1.29 is 4.74 Å². The first-order valence-electron chi connectivity index (χ1n) is 5.20. The molecule has 0 atom stereocenters. The van der Waals surface area contributed by atoms with Gasteiger partial charge in [-0.25, -0.2) is 0 Å². The summed E-state index contributed by atoms with van der Waals surface area (Å²) in [4.78, 5) is 0. The fourth-order valence-corrected chi connectivity index (χ4v) is 1.58. The van der Waals surface area contributed by atoms with Gasteiger partial charge in [0, 0.05) is 6.54 Å². The van der Waals surface area contributed by atoms with Gasteiger partial charge in [0.25, 0.3) is 0 Å². The van der Waals surface area contributed by atoms with Crippen LogP contribution in [0.15, 0.2) is 30.4 Å². The fraction of sp³-hybridized carbons (Fsp3) is 0.231. The van der Waals surface area contributed by atoms with E-state index < -0.39 is 0 Å². The Morgan fingerprint density at radius 3 is 2.73 bits per heavy atom. The van der Waals surface area contributed by atoms with Gasteiger partial charge < -0.3 is 10.5 Å². The summed E-state index contributed by atoms with van der Waals surface area (Å²) in [5, 5.41) is 0. The Kier molecular flexibility index (Phi) is 3.20. The summed E-state index contributed by atoms with van der Waals surface area (Å²) in [6, 6.07) is 6.11. The number of fused-ring (bicyclic) bond motifs is 1. The molecule has 0 aliphatic heterocycles. The molecule has 0 saturated carbocycles. The molecular formula is C13H15NO. The van der Waals surface area contributed by atoms with E-state index in [-0.39, 0.29) is 0 Å². The standard InChI is InChI=1S/C13H15NO/c14-8-9-15-13-7-6-11-4-2-1-3-5-12(11)10-13/h2-7,10H,1,8-9,14H2. The zero-order valence-electron chi connectivity index (χ0n) is 8.65. The number of rotatable bonds is 3. The van der Waals surface area contributed by atoms with E-state index in [2.05, 4.69) is 36.4 Å². The van der Waals surface area contributed by atoms with Crippen LogP contribution in [0.5, 0.6) is 5.75 Å². The molecule has 0 radical (unpaired) electrons. The number of allylic oxidation sites excluding steroid dienone is 2. The van der Waals surface area contributed by atoms with Crippen molar-refractivity contribution in [1.29, 1.82) is 0 Å². The molecule has 0 spiro atoms. The lowest BCUT2D eigenvalue weighted by molar-refractivity contribution is 0.328. The first kappa shape index (κ1) is 9.99. The molecule has 1 aliphatic rings. The molecule has 1 aromatic carbocycles. The van der Waals surface area contributed by atoms with Gasteiger partial charge in [0.15, 0.2) is 0 Å². The third-order valence-electron chi connectivity index (χ3n) is 2.31. The minimum atomic E-state index is 0.548. The molecule has 78 valence electrons. The largest absolute Gasteiger partial charge is 0.492 e. The number of benzene rings is 1. The second kappa shape index (κ2) is 4.80. The summed E-state index contributed by atoms with van der Waals surface area (Å²) >= 11 is 0. The molecule has 0 amide bonds. The molecule has 2 rings (SSSR count). The van der Waals surface area contributed by atoms with Crippen LogP contribution in [0, 0.1) is 0 Å². The van der Waals surface area contributed by atoms with E-state index in [0.29, 0.717) is 13.2 Å². The van der Waals surface area contributed by atoms with Gasteiger partial charge in [-0.05, 0) is 29.7 Å². The van der Waals surface area contributed by atoms with Gasteiger partial charge in [-0.3, -0.25) is 0 Å². The predicted octanol–water partition coefficient (Wildman–Crippen LogP) is 2.45. The average Bonchev–Trinajstić information content (AvgIpc) is 2.50. The second-order valence-electron chi connectivity index (χ2n) is 3.47. The first-order chi connectivity index (χ1) is 7.40. The molecule has 0 unspecified atom stereocenters. The van der Waals surface area contributed by atoms with Gasteiger partial charge in [0.2, 0.25) is 0 Å². The van der Waals surface area contributed by atoms with Crippen LogP contribution in [0.4, 0.5) is 0 Å².